The molecule has 4 aromatic rings. The van der Waals surface area contributed by atoms with Crippen LogP contribution in [0.1, 0.15) is 28.5 Å². The van der Waals surface area contributed by atoms with Crippen LogP contribution >= 0.6 is 34.4 Å². The smallest absolute Gasteiger partial charge is 0.338 e. The first-order valence-corrected chi connectivity index (χ1v) is 12.0. The molecule has 0 spiro atoms. The first kappa shape index (κ1) is 23.7. The molecule has 0 aromatic carbocycles. The highest BCUT2D eigenvalue weighted by Gasteiger charge is 2.19. The summed E-state index contributed by atoms with van der Waals surface area (Å²) in [6.45, 7) is 9.14. The summed E-state index contributed by atoms with van der Waals surface area (Å²) in [7, 11) is 1.57. The molecule has 0 fully saturated rings. The molecule has 0 atom stereocenters. The Morgan fingerprint density at radius 1 is 1.25 bits per heavy atom. The van der Waals surface area contributed by atoms with Crippen molar-refractivity contribution in [3.63, 3.8) is 0 Å². The van der Waals surface area contributed by atoms with Crippen molar-refractivity contribution in [1.82, 2.24) is 15.0 Å². The zero-order chi connectivity index (χ0) is 23.3. The Kier molecular flexibility index (Phi) is 7.84. The lowest BCUT2D eigenvalue weighted by molar-refractivity contribution is 0.0693. The van der Waals surface area contributed by atoms with Gasteiger partial charge in [0.25, 0.3) is 0 Å². The van der Waals surface area contributed by atoms with Crippen LogP contribution in [0.15, 0.2) is 51.7 Å². The number of thiophene rings is 1. The number of nitrogens with zero attached hydrogens (tertiary/aromatic N) is 3. The number of hydrogen-bond donors (Lipinski definition) is 2. The first-order valence-electron chi connectivity index (χ1n) is 9.46. The number of hydrogen-bond acceptors (Lipinski definition) is 9. The van der Waals surface area contributed by atoms with Crippen molar-refractivity contribution in [3.05, 3.63) is 58.7 Å². The number of methoxy groups -OCH3 is 1. The van der Waals surface area contributed by atoms with Crippen molar-refractivity contribution in [2.75, 3.05) is 12.4 Å². The quantitative estimate of drug-likeness (QED) is 0.296. The number of aromatic nitrogens is 3. The number of aromatic carboxylic acids is 1. The van der Waals surface area contributed by atoms with Crippen molar-refractivity contribution in [2.24, 2.45) is 0 Å². The molecule has 2 N–H and O–H groups in total. The summed E-state index contributed by atoms with van der Waals surface area (Å²) in [4.78, 5) is 26.3. The standard InChI is InChI=1S/C19H16N4O3S3.C3H6/c1-9-7-27-16-14(9)20-6-12(18(24)25)15(16)29-11-4-13(26-3)17(21-5-11)23-19-22-10(2)8-28-19;1-3-2/h4-8H,1-3H3,(H,24,25)(H,21,22,23);3H,1H2,2H3. The fourth-order valence-electron chi connectivity index (χ4n) is 2.69. The van der Waals surface area contributed by atoms with Crippen molar-refractivity contribution >= 4 is 61.6 Å². The number of carbonyl (C=O) groups is 1. The third-order valence-corrected chi connectivity index (χ3v) is 7.25. The Morgan fingerprint density at radius 3 is 2.62 bits per heavy atom. The van der Waals surface area contributed by atoms with Gasteiger partial charge in [-0.15, -0.1) is 29.3 Å². The van der Waals surface area contributed by atoms with Crippen LogP contribution in [0, 0.1) is 13.8 Å². The number of ether oxygens (including phenoxy) is 1. The van der Waals surface area contributed by atoms with Gasteiger partial charge in [0.05, 0.1) is 28.6 Å². The predicted molar refractivity (Wildman–Crippen MR) is 132 cm³/mol. The number of fused-ring (bicyclic) bond motifs is 1. The minimum Gasteiger partial charge on any atom is -0.493 e. The highest BCUT2D eigenvalue weighted by molar-refractivity contribution is 7.99. The van der Waals surface area contributed by atoms with Crippen molar-refractivity contribution in [1.29, 1.82) is 0 Å². The monoisotopic (exact) mass is 486 g/mol. The average molecular weight is 487 g/mol. The van der Waals surface area contributed by atoms with Crippen LogP contribution < -0.4 is 10.1 Å². The molecule has 4 heterocycles. The number of aryl methyl sites for hydroxylation is 2. The van der Waals surface area contributed by atoms with Crippen LogP contribution in [0.5, 0.6) is 5.75 Å². The Labute approximate surface area is 198 Å². The van der Waals surface area contributed by atoms with Crippen molar-refractivity contribution < 1.29 is 14.6 Å². The zero-order valence-electron chi connectivity index (χ0n) is 18.0. The van der Waals surface area contributed by atoms with E-state index in [1.54, 1.807) is 19.4 Å². The number of anilines is 2. The van der Waals surface area contributed by atoms with Gasteiger partial charge in [0.1, 0.15) is 0 Å². The number of thiazole rings is 1. The minimum absolute atomic E-state index is 0.170. The van der Waals surface area contributed by atoms with Gasteiger partial charge in [-0.25, -0.2) is 14.8 Å². The summed E-state index contributed by atoms with van der Waals surface area (Å²) in [5.74, 6) is 0.0918. The van der Waals surface area contributed by atoms with Crippen LogP contribution in [-0.2, 0) is 0 Å². The molecule has 0 saturated heterocycles. The maximum absolute atomic E-state index is 11.7. The van der Waals surface area contributed by atoms with E-state index in [2.05, 4.69) is 26.8 Å². The van der Waals surface area contributed by atoms with Crippen molar-refractivity contribution in [2.45, 2.75) is 30.6 Å². The van der Waals surface area contributed by atoms with Crippen LogP contribution in [0.2, 0.25) is 0 Å². The molecule has 0 amide bonds. The number of pyridine rings is 2. The Hall–Kier alpha value is -2.95. The lowest BCUT2D eigenvalue weighted by Crippen LogP contribution is -2.01. The van der Waals surface area contributed by atoms with E-state index in [1.165, 1.54) is 40.6 Å². The van der Waals surface area contributed by atoms with Gasteiger partial charge in [-0.3, -0.25) is 4.98 Å². The summed E-state index contributed by atoms with van der Waals surface area (Å²) >= 11 is 4.32. The fourth-order valence-corrected chi connectivity index (χ4v) is 5.54. The van der Waals surface area contributed by atoms with Gasteiger partial charge in [0, 0.05) is 27.6 Å². The molecule has 0 aliphatic carbocycles. The van der Waals surface area contributed by atoms with Gasteiger partial charge in [-0.2, -0.15) is 0 Å². The lowest BCUT2D eigenvalue weighted by atomic mass is 10.2. The average Bonchev–Trinajstić information content (AvgIpc) is 3.35. The van der Waals surface area contributed by atoms with E-state index in [4.69, 9.17) is 4.74 Å². The Bertz CT molecular complexity index is 1270. The topological polar surface area (TPSA) is 97.2 Å². The molecule has 32 heavy (non-hydrogen) atoms. The molecule has 0 radical (unpaired) electrons. The van der Waals surface area contributed by atoms with Crippen LogP contribution in [0.4, 0.5) is 10.9 Å². The molecular weight excluding hydrogens is 464 g/mol. The molecule has 4 aromatic heterocycles. The number of carboxylic acid groups (broad SMARTS) is 1. The molecule has 7 nitrogen and oxygen atoms in total. The largest absolute Gasteiger partial charge is 0.493 e. The van der Waals surface area contributed by atoms with Crippen LogP contribution in [0.3, 0.4) is 0 Å². The summed E-state index contributed by atoms with van der Waals surface area (Å²) in [5.41, 5.74) is 2.94. The SMILES string of the molecule is C=CC.COc1cc(Sc2c(C(=O)O)cnc3c(C)csc23)cnc1Nc1nc(C)cs1. The number of rotatable bonds is 6. The van der Waals surface area contributed by atoms with Gasteiger partial charge in [-0.05, 0) is 37.8 Å². The summed E-state index contributed by atoms with van der Waals surface area (Å²) in [5, 5.41) is 17.4. The second kappa shape index (κ2) is 10.6. The number of carboxylic acids is 1. The van der Waals surface area contributed by atoms with Crippen molar-refractivity contribution in [3.8, 4) is 5.75 Å². The third kappa shape index (κ3) is 5.26. The summed E-state index contributed by atoms with van der Waals surface area (Å²) in [6, 6.07) is 1.83. The van der Waals surface area contributed by atoms with Gasteiger partial charge in [0.15, 0.2) is 16.7 Å². The van der Waals surface area contributed by atoms with Crippen LogP contribution in [-0.4, -0.2) is 33.1 Å². The third-order valence-electron chi connectivity index (χ3n) is 4.06. The van der Waals surface area contributed by atoms with Gasteiger partial charge < -0.3 is 15.2 Å². The highest BCUT2D eigenvalue weighted by Crippen LogP contribution is 2.41. The first-order chi connectivity index (χ1) is 15.4. The number of nitrogens with one attached hydrogen (secondary N) is 1. The molecule has 0 aliphatic heterocycles. The molecule has 0 bridgehead atoms. The molecular formula is C22H22N4O3S3. The van der Waals surface area contributed by atoms with E-state index < -0.39 is 5.97 Å². The van der Waals surface area contributed by atoms with Gasteiger partial charge in [-0.1, -0.05) is 17.8 Å². The molecule has 10 heteroatoms. The molecule has 166 valence electrons. The van der Waals surface area contributed by atoms with E-state index in [1.807, 2.05) is 37.6 Å². The van der Waals surface area contributed by atoms with Gasteiger partial charge >= 0.3 is 5.97 Å². The zero-order valence-corrected chi connectivity index (χ0v) is 20.5. The second-order valence-corrected chi connectivity index (χ2v) is 9.38. The highest BCUT2D eigenvalue weighted by atomic mass is 32.2. The van der Waals surface area contributed by atoms with E-state index in [0.717, 1.165) is 31.5 Å². The summed E-state index contributed by atoms with van der Waals surface area (Å²) < 4.78 is 6.34. The maximum Gasteiger partial charge on any atom is 0.338 e. The van der Waals surface area contributed by atoms with E-state index in [9.17, 15) is 9.90 Å². The predicted octanol–water partition coefficient (Wildman–Crippen LogP) is 6.56. The second-order valence-electron chi connectivity index (χ2n) is 6.55. The molecule has 0 aliphatic rings. The van der Waals surface area contributed by atoms with Gasteiger partial charge in [0.2, 0.25) is 0 Å². The minimum atomic E-state index is -1.01. The fraction of sp³-hybridized carbons (Fsp3) is 0.182. The van der Waals surface area contributed by atoms with E-state index in [-0.39, 0.29) is 5.56 Å². The number of allylic oxidation sites excluding steroid dienone is 1. The van der Waals surface area contributed by atoms with E-state index >= 15 is 0 Å². The molecule has 4 rings (SSSR count). The Morgan fingerprint density at radius 2 is 2.00 bits per heavy atom. The van der Waals surface area contributed by atoms with Crippen LogP contribution in [0.25, 0.3) is 10.2 Å². The normalized spacial score (nSPS) is 10.4. The lowest BCUT2D eigenvalue weighted by Gasteiger charge is -2.11. The Balaban J connectivity index is 0.000000913. The maximum atomic E-state index is 11.7. The molecule has 0 saturated carbocycles. The summed E-state index contributed by atoms with van der Waals surface area (Å²) in [6.07, 6.45) is 4.85. The molecule has 0 unspecified atom stereocenters. The van der Waals surface area contributed by atoms with E-state index in [0.29, 0.717) is 16.5 Å².